The van der Waals surface area contributed by atoms with Crippen LogP contribution in [0.3, 0.4) is 0 Å². The zero-order valence-corrected chi connectivity index (χ0v) is 24.0. The zero-order chi connectivity index (χ0) is 28.4. The average molecular weight is 552 g/mol. The molecule has 3 aromatic carbocycles. The molecule has 212 valence electrons. The van der Waals surface area contributed by atoms with Gasteiger partial charge in [0.1, 0.15) is 12.6 Å². The molecule has 0 bridgehead atoms. The van der Waals surface area contributed by atoms with Crippen molar-refractivity contribution in [2.24, 2.45) is 0 Å². The van der Waals surface area contributed by atoms with E-state index < -0.39 is 6.04 Å². The molecule has 6 rings (SSSR count). The van der Waals surface area contributed by atoms with Crippen molar-refractivity contribution in [2.45, 2.75) is 70.1 Å². The van der Waals surface area contributed by atoms with Crippen molar-refractivity contribution in [2.75, 3.05) is 13.2 Å². The van der Waals surface area contributed by atoms with Gasteiger partial charge in [0.2, 0.25) is 5.89 Å². The van der Waals surface area contributed by atoms with E-state index in [2.05, 4.69) is 65.8 Å². The molecule has 1 amide bonds. The number of ether oxygens (including phenoxy) is 2. The molecule has 1 fully saturated rings. The summed E-state index contributed by atoms with van der Waals surface area (Å²) in [7, 11) is 0. The van der Waals surface area contributed by atoms with Crippen LogP contribution in [0.15, 0.2) is 83.4 Å². The van der Waals surface area contributed by atoms with Crippen molar-refractivity contribution in [1.29, 1.82) is 0 Å². The Hall–Kier alpha value is -3.97. The fourth-order valence-electron chi connectivity index (χ4n) is 6.10. The number of fused-ring (bicyclic) bond motifs is 3. The van der Waals surface area contributed by atoms with E-state index in [1.807, 2.05) is 39.0 Å². The molecule has 0 N–H and O–H groups in total. The SMILES string of the molecule is CC(C)(C)O[C@@H]1CC(c2nc(CCCc3ccccc3)no2)N(C(=O)OCC2c3ccccc3-c3ccccc32)C1. The lowest BCUT2D eigenvalue weighted by Gasteiger charge is -2.25. The predicted molar refractivity (Wildman–Crippen MR) is 157 cm³/mol. The molecule has 41 heavy (non-hydrogen) atoms. The molecule has 1 aliphatic carbocycles. The number of carbonyl (C=O) groups is 1. The molecule has 1 saturated heterocycles. The third kappa shape index (κ3) is 6.05. The van der Waals surface area contributed by atoms with Gasteiger partial charge in [-0.1, -0.05) is 84.0 Å². The van der Waals surface area contributed by atoms with Gasteiger partial charge in [0.05, 0.1) is 18.2 Å². The molecule has 1 unspecified atom stereocenters. The lowest BCUT2D eigenvalue weighted by atomic mass is 9.98. The normalized spacial score (nSPS) is 18.4. The summed E-state index contributed by atoms with van der Waals surface area (Å²) in [5.74, 6) is 1.09. The fourth-order valence-corrected chi connectivity index (χ4v) is 6.10. The Morgan fingerprint density at radius 3 is 2.27 bits per heavy atom. The van der Waals surface area contributed by atoms with Crippen molar-refractivity contribution in [3.63, 3.8) is 0 Å². The molecule has 4 aromatic rings. The van der Waals surface area contributed by atoms with Gasteiger partial charge >= 0.3 is 6.09 Å². The maximum absolute atomic E-state index is 13.6. The van der Waals surface area contributed by atoms with Gasteiger partial charge < -0.3 is 14.0 Å². The molecule has 0 radical (unpaired) electrons. The van der Waals surface area contributed by atoms with Crippen LogP contribution in [0.25, 0.3) is 11.1 Å². The number of aromatic nitrogens is 2. The standard InChI is InChI=1S/C34H37N3O4/c1-34(2,3)40-24-20-30(32-35-31(36-41-32)19-11-14-23-12-5-4-6-13-23)37(21-24)33(38)39-22-29-27-17-9-7-15-25(27)26-16-8-10-18-28(26)29/h4-10,12-13,15-18,24,29-30H,11,14,19-22H2,1-3H3/t24-,30?/m1/s1. The second kappa shape index (κ2) is 11.5. The number of rotatable bonds is 8. The van der Waals surface area contributed by atoms with Crippen molar-refractivity contribution in [3.05, 3.63) is 107 Å². The summed E-state index contributed by atoms with van der Waals surface area (Å²) < 4.78 is 18.0. The highest BCUT2D eigenvalue weighted by Gasteiger charge is 2.42. The smallest absolute Gasteiger partial charge is 0.410 e. The second-order valence-corrected chi connectivity index (χ2v) is 11.9. The molecule has 2 atom stereocenters. The first kappa shape index (κ1) is 27.2. The minimum atomic E-state index is -0.395. The predicted octanol–water partition coefficient (Wildman–Crippen LogP) is 7.12. The van der Waals surface area contributed by atoms with Crippen LogP contribution in [-0.2, 0) is 22.3 Å². The fraction of sp³-hybridized carbons (Fsp3) is 0.382. The Morgan fingerprint density at radius 2 is 1.59 bits per heavy atom. The van der Waals surface area contributed by atoms with Crippen molar-refractivity contribution >= 4 is 6.09 Å². The first-order chi connectivity index (χ1) is 19.9. The molecule has 0 spiro atoms. The number of hydrogen-bond donors (Lipinski definition) is 0. The third-order valence-electron chi connectivity index (χ3n) is 7.83. The zero-order valence-electron chi connectivity index (χ0n) is 24.0. The Kier molecular flexibility index (Phi) is 7.63. The van der Waals surface area contributed by atoms with Crippen molar-refractivity contribution < 1.29 is 18.8 Å². The van der Waals surface area contributed by atoms with Crippen LogP contribution < -0.4 is 0 Å². The maximum atomic E-state index is 13.6. The van der Waals surface area contributed by atoms with Gasteiger partial charge in [0.15, 0.2) is 5.82 Å². The van der Waals surface area contributed by atoms with E-state index in [0.29, 0.717) is 31.1 Å². The molecular formula is C34H37N3O4. The van der Waals surface area contributed by atoms with E-state index in [9.17, 15) is 4.79 Å². The van der Waals surface area contributed by atoms with Crippen LogP contribution in [0.5, 0.6) is 0 Å². The monoisotopic (exact) mass is 551 g/mol. The van der Waals surface area contributed by atoms with Crippen LogP contribution in [0, 0.1) is 0 Å². The first-order valence-electron chi connectivity index (χ1n) is 14.5. The number of likely N-dealkylation sites (tertiary alicyclic amines) is 1. The summed E-state index contributed by atoms with van der Waals surface area (Å²) in [4.78, 5) is 20.0. The van der Waals surface area contributed by atoms with Gasteiger partial charge in [-0.15, -0.1) is 0 Å². The quantitative estimate of drug-likeness (QED) is 0.232. The van der Waals surface area contributed by atoms with Crippen LogP contribution in [-0.4, -0.2) is 46.0 Å². The molecule has 1 aliphatic heterocycles. The van der Waals surface area contributed by atoms with E-state index in [-0.39, 0.29) is 30.3 Å². The van der Waals surface area contributed by atoms with Gasteiger partial charge in [0, 0.05) is 18.8 Å². The van der Waals surface area contributed by atoms with E-state index in [1.54, 1.807) is 4.90 Å². The highest BCUT2D eigenvalue weighted by molar-refractivity contribution is 5.79. The minimum absolute atomic E-state index is 0.00588. The summed E-state index contributed by atoms with van der Waals surface area (Å²) in [5.41, 5.74) is 5.72. The number of benzene rings is 3. The van der Waals surface area contributed by atoms with Crippen molar-refractivity contribution in [1.82, 2.24) is 15.0 Å². The summed E-state index contributed by atoms with van der Waals surface area (Å²) in [6, 6.07) is 26.7. The second-order valence-electron chi connectivity index (χ2n) is 11.9. The van der Waals surface area contributed by atoms with Gasteiger partial charge in [-0.2, -0.15) is 4.98 Å². The highest BCUT2D eigenvalue weighted by Crippen LogP contribution is 2.45. The lowest BCUT2D eigenvalue weighted by Crippen LogP contribution is -2.35. The first-order valence-corrected chi connectivity index (χ1v) is 14.5. The molecule has 2 heterocycles. The molecule has 2 aliphatic rings. The average Bonchev–Trinajstić information content (AvgIpc) is 3.68. The number of carbonyl (C=O) groups excluding carboxylic acids is 1. The number of aryl methyl sites for hydroxylation is 2. The highest BCUT2D eigenvalue weighted by atomic mass is 16.6. The summed E-state index contributed by atoms with van der Waals surface area (Å²) >= 11 is 0. The van der Waals surface area contributed by atoms with E-state index in [0.717, 1.165) is 12.8 Å². The van der Waals surface area contributed by atoms with E-state index >= 15 is 0 Å². The van der Waals surface area contributed by atoms with E-state index in [1.165, 1.54) is 27.8 Å². The van der Waals surface area contributed by atoms with Crippen LogP contribution >= 0.6 is 0 Å². The summed E-state index contributed by atoms with van der Waals surface area (Å²) in [6.07, 6.45) is 2.60. The minimum Gasteiger partial charge on any atom is -0.448 e. The van der Waals surface area contributed by atoms with Gasteiger partial charge in [0.25, 0.3) is 0 Å². The van der Waals surface area contributed by atoms with Crippen LogP contribution in [0.1, 0.15) is 74.0 Å². The third-order valence-corrected chi connectivity index (χ3v) is 7.83. The summed E-state index contributed by atoms with van der Waals surface area (Å²) in [6.45, 7) is 6.74. The molecular weight excluding hydrogens is 514 g/mol. The van der Waals surface area contributed by atoms with Gasteiger partial charge in [-0.3, -0.25) is 4.90 Å². The Bertz CT molecular complexity index is 1450. The number of nitrogens with zero attached hydrogens (tertiary/aromatic N) is 3. The Labute approximate surface area is 241 Å². The summed E-state index contributed by atoms with van der Waals surface area (Å²) in [5, 5.41) is 4.24. The molecule has 1 aromatic heterocycles. The van der Waals surface area contributed by atoms with Crippen LogP contribution in [0.2, 0.25) is 0 Å². The number of amides is 1. The molecule has 0 saturated carbocycles. The Morgan fingerprint density at radius 1 is 0.927 bits per heavy atom. The Balaban J connectivity index is 1.15. The van der Waals surface area contributed by atoms with Crippen molar-refractivity contribution in [3.8, 4) is 11.1 Å². The lowest BCUT2D eigenvalue weighted by molar-refractivity contribution is -0.0540. The van der Waals surface area contributed by atoms with E-state index in [4.69, 9.17) is 19.0 Å². The maximum Gasteiger partial charge on any atom is 0.410 e. The largest absolute Gasteiger partial charge is 0.448 e. The van der Waals surface area contributed by atoms with Gasteiger partial charge in [-0.25, -0.2) is 4.79 Å². The number of hydrogen-bond acceptors (Lipinski definition) is 6. The van der Waals surface area contributed by atoms with Gasteiger partial charge in [-0.05, 0) is 61.4 Å². The molecule has 7 heteroatoms. The molecule has 7 nitrogen and oxygen atoms in total. The topological polar surface area (TPSA) is 77.7 Å². The van der Waals surface area contributed by atoms with Crippen LogP contribution in [0.4, 0.5) is 4.79 Å².